The van der Waals surface area contributed by atoms with Crippen molar-refractivity contribution in [2.75, 3.05) is 51.1 Å². The monoisotopic (exact) mass is 452 g/mol. The average Bonchev–Trinajstić information content (AvgIpc) is 3.12. The van der Waals surface area contributed by atoms with Crippen molar-refractivity contribution in [3.05, 3.63) is 40.4 Å². The topological polar surface area (TPSA) is 83.5 Å². The summed E-state index contributed by atoms with van der Waals surface area (Å²) in [6, 6.07) is 6.50. The third-order valence-corrected chi connectivity index (χ3v) is 7.02. The molecule has 1 aromatic carbocycles. The number of rotatable bonds is 7. The third kappa shape index (κ3) is 5.57. The van der Waals surface area contributed by atoms with Crippen LogP contribution >= 0.6 is 0 Å². The number of hydrogen-bond donors (Lipinski definition) is 3. The van der Waals surface area contributed by atoms with Crippen LogP contribution in [0.25, 0.3) is 0 Å². The maximum atomic E-state index is 12.7. The smallest absolute Gasteiger partial charge is 0.350 e. The largest absolute Gasteiger partial charge is 0.450 e. The van der Waals surface area contributed by atoms with Crippen LogP contribution in [0.4, 0.5) is 11.5 Å². The van der Waals surface area contributed by atoms with Crippen molar-refractivity contribution < 1.29 is 4.74 Å². The molecule has 0 aliphatic carbocycles. The maximum Gasteiger partial charge on any atom is 0.350 e. The molecule has 3 aliphatic heterocycles. The number of aryl methyl sites for hydroxylation is 1. The zero-order valence-corrected chi connectivity index (χ0v) is 19.4. The van der Waals surface area contributed by atoms with Crippen LogP contribution in [0, 0.1) is 0 Å². The van der Waals surface area contributed by atoms with Gasteiger partial charge in [0.15, 0.2) is 17.3 Å². The molecule has 2 fully saturated rings. The molecule has 0 saturated carbocycles. The second kappa shape index (κ2) is 10.7. The van der Waals surface area contributed by atoms with E-state index >= 15 is 0 Å². The van der Waals surface area contributed by atoms with E-state index in [4.69, 9.17) is 4.74 Å². The van der Waals surface area contributed by atoms with Gasteiger partial charge in [-0.2, -0.15) is 4.98 Å². The van der Waals surface area contributed by atoms with Gasteiger partial charge >= 0.3 is 5.69 Å². The van der Waals surface area contributed by atoms with Crippen molar-refractivity contribution in [1.82, 2.24) is 25.1 Å². The summed E-state index contributed by atoms with van der Waals surface area (Å²) in [5.41, 5.74) is 1.97. The lowest BCUT2D eigenvalue weighted by molar-refractivity contribution is 0.236. The highest BCUT2D eigenvalue weighted by Crippen LogP contribution is 2.41. The SMILES string of the molecule is O=c1nc2c(cn1C1CCCNCC1)Oc1ccc(CCCCCN3CCNCC3)cc1N2. The number of ether oxygens (including phenoxy) is 1. The highest BCUT2D eigenvalue weighted by molar-refractivity contribution is 5.72. The number of anilines is 2. The molecular weight excluding hydrogens is 416 g/mol. The van der Waals surface area contributed by atoms with Crippen LogP contribution in [0.5, 0.6) is 11.5 Å². The number of benzene rings is 1. The Balaban J connectivity index is 1.18. The van der Waals surface area contributed by atoms with Crippen molar-refractivity contribution in [2.24, 2.45) is 0 Å². The van der Waals surface area contributed by atoms with Gasteiger partial charge in [0.25, 0.3) is 0 Å². The number of hydrogen-bond acceptors (Lipinski definition) is 7. The fraction of sp³-hybridized carbons (Fsp3) is 0.600. The first-order valence-corrected chi connectivity index (χ1v) is 12.6. The minimum atomic E-state index is -0.208. The average molecular weight is 453 g/mol. The summed E-state index contributed by atoms with van der Waals surface area (Å²) in [6.45, 7) is 7.73. The minimum absolute atomic E-state index is 0.171. The molecule has 1 unspecified atom stereocenters. The quantitative estimate of drug-likeness (QED) is 0.475. The second-order valence-electron chi connectivity index (χ2n) is 9.44. The van der Waals surface area contributed by atoms with E-state index in [0.717, 1.165) is 63.3 Å². The van der Waals surface area contributed by atoms with Gasteiger partial charge in [-0.1, -0.05) is 12.5 Å². The molecule has 5 rings (SSSR count). The number of unbranched alkanes of at least 4 members (excludes halogenated alkanes) is 2. The van der Waals surface area contributed by atoms with Crippen LogP contribution in [-0.4, -0.2) is 60.3 Å². The molecular formula is C25H36N6O2. The van der Waals surface area contributed by atoms with Gasteiger partial charge in [0, 0.05) is 32.2 Å². The van der Waals surface area contributed by atoms with E-state index in [2.05, 4.69) is 38.0 Å². The Labute approximate surface area is 195 Å². The van der Waals surface area contributed by atoms with Gasteiger partial charge in [-0.25, -0.2) is 4.79 Å². The Kier molecular flexibility index (Phi) is 7.24. The Hall–Kier alpha value is -2.42. The minimum Gasteiger partial charge on any atom is -0.450 e. The highest BCUT2D eigenvalue weighted by Gasteiger charge is 2.23. The molecule has 3 aliphatic rings. The van der Waals surface area contributed by atoms with Crippen LogP contribution in [0.2, 0.25) is 0 Å². The lowest BCUT2D eigenvalue weighted by Crippen LogP contribution is -2.43. The summed E-state index contributed by atoms with van der Waals surface area (Å²) < 4.78 is 7.91. The first kappa shape index (κ1) is 22.4. The fourth-order valence-electron chi connectivity index (χ4n) is 5.10. The van der Waals surface area contributed by atoms with E-state index < -0.39 is 0 Å². The van der Waals surface area contributed by atoms with Gasteiger partial charge in [-0.3, -0.25) is 4.57 Å². The van der Waals surface area contributed by atoms with Crippen LogP contribution in [0.3, 0.4) is 0 Å². The van der Waals surface area contributed by atoms with E-state index in [-0.39, 0.29) is 11.7 Å². The first-order valence-electron chi connectivity index (χ1n) is 12.6. The fourth-order valence-corrected chi connectivity index (χ4v) is 5.10. The molecule has 3 N–H and O–H groups in total. The predicted octanol–water partition coefficient (Wildman–Crippen LogP) is 3.03. The van der Waals surface area contributed by atoms with Gasteiger partial charge in [0.05, 0.1) is 11.9 Å². The normalized spacial score (nSPS) is 20.8. The number of nitrogens with one attached hydrogen (secondary N) is 3. The zero-order valence-electron chi connectivity index (χ0n) is 19.4. The molecule has 33 heavy (non-hydrogen) atoms. The van der Waals surface area contributed by atoms with Crippen LogP contribution in [-0.2, 0) is 6.42 Å². The van der Waals surface area contributed by atoms with Crippen LogP contribution in [0.15, 0.2) is 29.2 Å². The number of nitrogens with zero attached hydrogens (tertiary/aromatic N) is 3. The van der Waals surface area contributed by atoms with Crippen LogP contribution in [0.1, 0.15) is 50.1 Å². The van der Waals surface area contributed by atoms with Crippen molar-refractivity contribution in [3.63, 3.8) is 0 Å². The molecule has 8 nitrogen and oxygen atoms in total. The molecule has 0 amide bonds. The Morgan fingerprint density at radius 2 is 1.88 bits per heavy atom. The molecule has 0 bridgehead atoms. The molecule has 8 heteroatoms. The van der Waals surface area contributed by atoms with Crippen molar-refractivity contribution in [2.45, 2.75) is 51.0 Å². The van der Waals surface area contributed by atoms with Crippen LogP contribution < -0.4 is 26.4 Å². The number of fused-ring (bicyclic) bond motifs is 2. The Bertz CT molecular complexity index is 993. The van der Waals surface area contributed by atoms with Gasteiger partial charge in [-0.05, 0) is 75.9 Å². The van der Waals surface area contributed by atoms with Crippen molar-refractivity contribution in [3.8, 4) is 11.5 Å². The molecule has 1 atom stereocenters. The summed E-state index contributed by atoms with van der Waals surface area (Å²) in [5, 5.41) is 10.1. The van der Waals surface area contributed by atoms with E-state index in [9.17, 15) is 4.79 Å². The highest BCUT2D eigenvalue weighted by atomic mass is 16.5. The molecule has 0 spiro atoms. The number of piperazine rings is 1. The van der Waals surface area contributed by atoms with Gasteiger partial charge in [-0.15, -0.1) is 0 Å². The molecule has 178 valence electrons. The van der Waals surface area contributed by atoms with Crippen molar-refractivity contribution >= 4 is 11.5 Å². The van der Waals surface area contributed by atoms with Crippen molar-refractivity contribution in [1.29, 1.82) is 0 Å². The lowest BCUT2D eigenvalue weighted by Gasteiger charge is -2.27. The molecule has 1 aromatic heterocycles. The number of aromatic nitrogens is 2. The van der Waals surface area contributed by atoms with E-state index in [1.165, 1.54) is 44.5 Å². The first-order chi connectivity index (χ1) is 16.3. The van der Waals surface area contributed by atoms with E-state index in [1.54, 1.807) is 4.57 Å². The standard InChI is InChI=1S/C25H36N6O2/c32-25-29-24-23(18-31(25)20-6-4-10-26-11-9-20)33-22-8-7-19(17-21(22)28-24)5-2-1-3-14-30-15-12-27-13-16-30/h7-8,17-18,20,26-27H,1-6,9-16H2,(H,28,29,32). The molecule has 2 saturated heterocycles. The Morgan fingerprint density at radius 1 is 1.00 bits per heavy atom. The lowest BCUT2D eigenvalue weighted by atomic mass is 10.1. The molecule has 4 heterocycles. The third-order valence-electron chi connectivity index (χ3n) is 7.02. The van der Waals surface area contributed by atoms with Gasteiger partial charge in [0.2, 0.25) is 0 Å². The summed E-state index contributed by atoms with van der Waals surface area (Å²) >= 11 is 0. The van der Waals surface area contributed by atoms with E-state index in [1.807, 2.05) is 12.3 Å². The maximum absolute atomic E-state index is 12.7. The summed E-state index contributed by atoms with van der Waals surface area (Å²) in [5.74, 6) is 1.93. The summed E-state index contributed by atoms with van der Waals surface area (Å²) in [7, 11) is 0. The summed E-state index contributed by atoms with van der Waals surface area (Å²) in [4.78, 5) is 19.6. The molecule has 2 aromatic rings. The zero-order chi connectivity index (χ0) is 22.5. The van der Waals surface area contributed by atoms with E-state index in [0.29, 0.717) is 11.6 Å². The summed E-state index contributed by atoms with van der Waals surface area (Å²) in [6.07, 6.45) is 9.55. The second-order valence-corrected chi connectivity index (χ2v) is 9.44. The Morgan fingerprint density at radius 3 is 2.79 bits per heavy atom. The molecule has 0 radical (unpaired) electrons. The predicted molar refractivity (Wildman–Crippen MR) is 131 cm³/mol. The van der Waals surface area contributed by atoms with Gasteiger partial charge in [0.1, 0.15) is 0 Å². The van der Waals surface area contributed by atoms with Gasteiger partial charge < -0.3 is 25.6 Å².